The first-order chi connectivity index (χ1) is 8.70. The molecule has 0 bridgehead atoms. The highest BCUT2D eigenvalue weighted by Crippen LogP contribution is 2.24. The molecule has 0 fully saturated rings. The number of nitrogens with one attached hydrogen (secondary N) is 2. The van der Waals surface area contributed by atoms with Gasteiger partial charge in [-0.15, -0.1) is 0 Å². The number of fused-ring (bicyclic) bond motifs is 1. The molecule has 4 N–H and O–H groups in total. The van der Waals surface area contributed by atoms with Crippen LogP contribution >= 0.6 is 0 Å². The van der Waals surface area contributed by atoms with Crippen LogP contribution in [0.5, 0.6) is 0 Å². The molecular weight excluding hydrogens is 234 g/mol. The van der Waals surface area contributed by atoms with Gasteiger partial charge in [0.05, 0.1) is 16.9 Å². The minimum absolute atomic E-state index is 0.471. The second-order valence-corrected chi connectivity index (χ2v) is 4.08. The fourth-order valence-electron chi connectivity index (χ4n) is 1.76. The topological polar surface area (TPSA) is 93.3 Å². The second kappa shape index (κ2) is 5.59. The number of rotatable bonds is 6. The van der Waals surface area contributed by atoms with Gasteiger partial charge in [0.1, 0.15) is 0 Å². The number of nitrogen functional groups attached to an aromatic ring is 1. The fraction of sp³-hybridized carbons (Fsp3) is 0.417. The summed E-state index contributed by atoms with van der Waals surface area (Å²) in [7, 11) is 1.69. The maximum absolute atomic E-state index is 11.0. The van der Waals surface area contributed by atoms with Crippen molar-refractivity contribution in [2.24, 2.45) is 0 Å². The van der Waals surface area contributed by atoms with E-state index in [2.05, 4.69) is 10.3 Å². The maximum atomic E-state index is 11.0. The van der Waals surface area contributed by atoms with Gasteiger partial charge in [-0.2, -0.15) is 0 Å². The summed E-state index contributed by atoms with van der Waals surface area (Å²) in [6, 6.07) is 3.43. The quantitative estimate of drug-likeness (QED) is 0.535. The Morgan fingerprint density at radius 3 is 3.06 bits per heavy atom. The summed E-state index contributed by atoms with van der Waals surface area (Å²) in [6.45, 7) is 1.56. The van der Waals surface area contributed by atoms with Gasteiger partial charge in [0, 0.05) is 26.3 Å². The molecule has 1 aromatic carbocycles. The average Bonchev–Trinajstić information content (AvgIpc) is 2.68. The number of nitrogens with two attached hydrogens (primary N) is 1. The number of ether oxygens (including phenoxy) is 1. The number of hydrogen-bond donors (Lipinski definition) is 3. The predicted molar refractivity (Wildman–Crippen MR) is 70.8 cm³/mol. The number of oxazole rings is 1. The smallest absolute Gasteiger partial charge is 0.408 e. The third-order valence-corrected chi connectivity index (χ3v) is 2.68. The summed E-state index contributed by atoms with van der Waals surface area (Å²) < 4.78 is 9.90. The lowest BCUT2D eigenvalue weighted by Gasteiger charge is -2.08. The highest BCUT2D eigenvalue weighted by atomic mass is 16.5. The van der Waals surface area contributed by atoms with E-state index in [1.165, 1.54) is 0 Å². The van der Waals surface area contributed by atoms with Crippen molar-refractivity contribution in [1.82, 2.24) is 4.98 Å². The van der Waals surface area contributed by atoms with E-state index in [1.807, 2.05) is 0 Å². The van der Waals surface area contributed by atoms with Gasteiger partial charge in [-0.1, -0.05) is 0 Å². The zero-order valence-electron chi connectivity index (χ0n) is 10.3. The average molecular weight is 251 g/mol. The monoisotopic (exact) mass is 251 g/mol. The Balaban J connectivity index is 2.03. The van der Waals surface area contributed by atoms with Crippen molar-refractivity contribution in [2.45, 2.75) is 12.8 Å². The minimum atomic E-state index is -0.471. The van der Waals surface area contributed by atoms with Gasteiger partial charge in [0.15, 0.2) is 5.58 Å². The lowest BCUT2D eigenvalue weighted by atomic mass is 10.2. The van der Waals surface area contributed by atoms with E-state index in [0.29, 0.717) is 16.8 Å². The zero-order valence-corrected chi connectivity index (χ0v) is 10.3. The third kappa shape index (κ3) is 2.84. The minimum Gasteiger partial charge on any atom is -0.408 e. The zero-order chi connectivity index (χ0) is 13.0. The van der Waals surface area contributed by atoms with E-state index < -0.39 is 5.76 Å². The number of methoxy groups -OCH3 is 1. The standard InChI is InChI=1S/C12H17N3O3/c1-17-5-3-2-4-14-9-7-10-11(6-8(9)13)18-12(16)15-10/h6-7,14H,2-5,13H2,1H3,(H,15,16). The molecule has 0 saturated heterocycles. The first-order valence-electron chi connectivity index (χ1n) is 5.86. The van der Waals surface area contributed by atoms with Crippen molar-refractivity contribution < 1.29 is 9.15 Å². The summed E-state index contributed by atoms with van der Waals surface area (Å²) in [5.41, 5.74) is 8.36. The molecule has 2 aromatic rings. The van der Waals surface area contributed by atoms with E-state index in [0.717, 1.165) is 31.7 Å². The Labute approximate surface area is 104 Å². The van der Waals surface area contributed by atoms with E-state index in [4.69, 9.17) is 14.9 Å². The van der Waals surface area contributed by atoms with Crippen molar-refractivity contribution in [1.29, 1.82) is 0 Å². The normalized spacial score (nSPS) is 10.9. The van der Waals surface area contributed by atoms with Gasteiger partial charge in [0.25, 0.3) is 0 Å². The highest BCUT2D eigenvalue weighted by Gasteiger charge is 2.06. The fourth-order valence-corrected chi connectivity index (χ4v) is 1.76. The first kappa shape index (κ1) is 12.5. The lowest BCUT2D eigenvalue weighted by molar-refractivity contribution is 0.194. The van der Waals surface area contributed by atoms with E-state index in [-0.39, 0.29) is 0 Å². The van der Waals surface area contributed by atoms with Gasteiger partial charge < -0.3 is 20.2 Å². The molecule has 0 aliphatic rings. The Bertz CT molecular complexity index is 573. The molecule has 6 heteroatoms. The van der Waals surface area contributed by atoms with E-state index in [1.54, 1.807) is 19.2 Å². The molecule has 0 spiro atoms. The summed E-state index contributed by atoms with van der Waals surface area (Å²) in [5, 5.41) is 3.23. The van der Waals surface area contributed by atoms with Crippen molar-refractivity contribution in [3.05, 3.63) is 22.7 Å². The SMILES string of the molecule is COCCCCNc1cc2[nH]c(=O)oc2cc1N. The number of aromatic nitrogens is 1. The number of H-pyrrole nitrogens is 1. The molecule has 0 unspecified atom stereocenters. The van der Waals surface area contributed by atoms with Crippen LogP contribution in [0, 0.1) is 0 Å². The summed E-state index contributed by atoms with van der Waals surface area (Å²) in [5.74, 6) is -0.471. The van der Waals surface area contributed by atoms with Crippen LogP contribution in [-0.2, 0) is 4.74 Å². The Morgan fingerprint density at radius 2 is 2.28 bits per heavy atom. The molecule has 1 aromatic heterocycles. The molecule has 0 amide bonds. The number of benzene rings is 1. The summed E-state index contributed by atoms with van der Waals surface area (Å²) in [6.07, 6.45) is 1.99. The van der Waals surface area contributed by atoms with Crippen molar-refractivity contribution in [2.75, 3.05) is 31.3 Å². The molecule has 0 saturated carbocycles. The lowest BCUT2D eigenvalue weighted by Crippen LogP contribution is -2.05. The molecule has 0 aliphatic carbocycles. The number of unbranched alkanes of at least 4 members (excludes halogenated alkanes) is 1. The van der Waals surface area contributed by atoms with Gasteiger partial charge in [-0.3, -0.25) is 4.98 Å². The largest absolute Gasteiger partial charge is 0.417 e. The van der Waals surface area contributed by atoms with Crippen molar-refractivity contribution in [3.8, 4) is 0 Å². The molecule has 0 radical (unpaired) electrons. The Hall–Kier alpha value is -1.95. The molecule has 0 atom stereocenters. The Kier molecular flexibility index (Phi) is 3.88. The maximum Gasteiger partial charge on any atom is 0.417 e. The van der Waals surface area contributed by atoms with Gasteiger partial charge in [-0.25, -0.2) is 4.79 Å². The number of aromatic amines is 1. The van der Waals surface area contributed by atoms with Crippen LogP contribution in [0.4, 0.5) is 11.4 Å². The van der Waals surface area contributed by atoms with Crippen LogP contribution in [0.3, 0.4) is 0 Å². The first-order valence-corrected chi connectivity index (χ1v) is 5.86. The van der Waals surface area contributed by atoms with Crippen LogP contribution in [0.1, 0.15) is 12.8 Å². The molecule has 0 aliphatic heterocycles. The molecule has 1 heterocycles. The van der Waals surface area contributed by atoms with Crippen LogP contribution in [0.15, 0.2) is 21.3 Å². The molecule has 2 rings (SSSR count). The molecule has 98 valence electrons. The summed E-state index contributed by atoms with van der Waals surface area (Å²) in [4.78, 5) is 13.6. The molecular formula is C12H17N3O3. The van der Waals surface area contributed by atoms with Crippen molar-refractivity contribution >= 4 is 22.5 Å². The van der Waals surface area contributed by atoms with Gasteiger partial charge in [-0.05, 0) is 18.9 Å². The second-order valence-electron chi connectivity index (χ2n) is 4.08. The van der Waals surface area contributed by atoms with Crippen molar-refractivity contribution in [3.63, 3.8) is 0 Å². The van der Waals surface area contributed by atoms with Gasteiger partial charge in [0.2, 0.25) is 0 Å². The van der Waals surface area contributed by atoms with Crippen LogP contribution in [0.2, 0.25) is 0 Å². The van der Waals surface area contributed by atoms with Gasteiger partial charge >= 0.3 is 5.76 Å². The third-order valence-electron chi connectivity index (χ3n) is 2.68. The number of anilines is 2. The Morgan fingerprint density at radius 1 is 1.44 bits per heavy atom. The van der Waals surface area contributed by atoms with E-state index >= 15 is 0 Å². The van der Waals surface area contributed by atoms with E-state index in [9.17, 15) is 4.79 Å². The molecule has 18 heavy (non-hydrogen) atoms. The van der Waals surface area contributed by atoms with Crippen LogP contribution in [0.25, 0.3) is 11.1 Å². The van der Waals surface area contributed by atoms with Crippen LogP contribution < -0.4 is 16.8 Å². The molecule has 6 nitrogen and oxygen atoms in total. The summed E-state index contributed by atoms with van der Waals surface area (Å²) >= 11 is 0. The van der Waals surface area contributed by atoms with Crippen LogP contribution in [-0.4, -0.2) is 25.2 Å². The predicted octanol–water partition coefficient (Wildman–Crippen LogP) is 1.54. The number of hydrogen-bond acceptors (Lipinski definition) is 5. The highest BCUT2D eigenvalue weighted by molar-refractivity contribution is 5.85.